The molecule has 1 saturated heterocycles. The fourth-order valence-electron chi connectivity index (χ4n) is 3.73. The van der Waals surface area contributed by atoms with Gasteiger partial charge in [0.2, 0.25) is 11.8 Å². The van der Waals surface area contributed by atoms with Gasteiger partial charge in [-0.2, -0.15) is 0 Å². The number of benzene rings is 1. The number of ether oxygens (including phenoxy) is 1. The lowest BCUT2D eigenvalue weighted by Crippen LogP contribution is -2.37. The highest BCUT2D eigenvalue weighted by Crippen LogP contribution is 2.37. The molecule has 1 aromatic carbocycles. The Morgan fingerprint density at radius 2 is 1.67 bits per heavy atom. The van der Waals surface area contributed by atoms with Gasteiger partial charge in [-0.05, 0) is 37.0 Å². The van der Waals surface area contributed by atoms with Gasteiger partial charge in [0.25, 0.3) is 5.91 Å². The summed E-state index contributed by atoms with van der Waals surface area (Å²) in [6.07, 6.45) is 4.15. The van der Waals surface area contributed by atoms with Crippen LogP contribution in [0.15, 0.2) is 24.3 Å². The number of aryl methyl sites for hydroxylation is 1. The van der Waals surface area contributed by atoms with E-state index < -0.39 is 25.0 Å². The van der Waals surface area contributed by atoms with Crippen LogP contribution >= 0.6 is 0 Å². The highest BCUT2D eigenvalue weighted by molar-refractivity contribution is 6.07. The van der Waals surface area contributed by atoms with E-state index in [1.165, 1.54) is 0 Å². The van der Waals surface area contributed by atoms with E-state index >= 15 is 0 Å². The molecule has 3 rings (SSSR count). The summed E-state index contributed by atoms with van der Waals surface area (Å²) in [7, 11) is 0. The Morgan fingerprint density at radius 3 is 2.22 bits per heavy atom. The van der Waals surface area contributed by atoms with Crippen LogP contribution in [-0.4, -0.2) is 41.7 Å². The van der Waals surface area contributed by atoms with Crippen LogP contribution in [0.2, 0.25) is 0 Å². The average molecular weight is 372 g/mol. The van der Waals surface area contributed by atoms with Crippen LogP contribution in [0, 0.1) is 11.8 Å². The van der Waals surface area contributed by atoms with Crippen molar-refractivity contribution in [2.45, 2.75) is 39.0 Å². The van der Waals surface area contributed by atoms with E-state index in [0.29, 0.717) is 18.5 Å². The largest absolute Gasteiger partial charge is 0.454 e. The summed E-state index contributed by atoms with van der Waals surface area (Å²) >= 11 is 0. The zero-order valence-electron chi connectivity index (χ0n) is 15.4. The van der Waals surface area contributed by atoms with Crippen molar-refractivity contribution < 1.29 is 23.9 Å². The number of hydrogen-bond acceptors (Lipinski definition) is 5. The Hall–Kier alpha value is -2.70. The third-order valence-electron chi connectivity index (χ3n) is 5.23. The molecule has 0 radical (unpaired) electrons. The number of carbonyl (C=O) groups excluding carboxylic acids is 4. The zero-order chi connectivity index (χ0) is 19.4. The van der Waals surface area contributed by atoms with Crippen LogP contribution in [0.25, 0.3) is 0 Å². The zero-order valence-corrected chi connectivity index (χ0v) is 15.4. The topological polar surface area (TPSA) is 92.8 Å². The molecular formula is C20H24N2O5. The van der Waals surface area contributed by atoms with E-state index in [4.69, 9.17) is 4.74 Å². The van der Waals surface area contributed by atoms with Crippen molar-refractivity contribution >= 4 is 29.4 Å². The fourth-order valence-corrected chi connectivity index (χ4v) is 3.73. The number of hydrogen-bond donors (Lipinski definition) is 1. The first-order chi connectivity index (χ1) is 13.0. The second-order valence-electron chi connectivity index (χ2n) is 7.02. The van der Waals surface area contributed by atoms with Gasteiger partial charge in [0, 0.05) is 5.69 Å². The van der Waals surface area contributed by atoms with Crippen LogP contribution in [0.3, 0.4) is 0 Å². The number of nitrogens with zero attached hydrogens (tertiary/aromatic N) is 1. The molecule has 0 spiro atoms. The van der Waals surface area contributed by atoms with Gasteiger partial charge in [-0.1, -0.05) is 31.9 Å². The van der Waals surface area contributed by atoms with E-state index in [-0.39, 0.29) is 23.7 Å². The summed E-state index contributed by atoms with van der Waals surface area (Å²) in [5, 5.41) is 2.64. The number of imide groups is 1. The molecule has 2 aliphatic rings. The number of nitrogens with one attached hydrogen (secondary N) is 1. The first-order valence-electron chi connectivity index (χ1n) is 9.39. The predicted molar refractivity (Wildman–Crippen MR) is 97.6 cm³/mol. The van der Waals surface area contributed by atoms with E-state index in [1.807, 2.05) is 19.1 Å². The normalized spacial score (nSPS) is 21.7. The minimum absolute atomic E-state index is 0.290. The summed E-state index contributed by atoms with van der Waals surface area (Å²) in [5.74, 6) is -2.40. The van der Waals surface area contributed by atoms with E-state index in [1.54, 1.807) is 12.1 Å². The molecule has 3 amide bonds. The Morgan fingerprint density at radius 1 is 1.07 bits per heavy atom. The van der Waals surface area contributed by atoms with Crippen LogP contribution in [0.1, 0.15) is 38.2 Å². The number of esters is 1. The number of anilines is 1. The molecule has 1 aliphatic carbocycles. The molecule has 7 heteroatoms. The highest BCUT2D eigenvalue weighted by Gasteiger charge is 2.48. The van der Waals surface area contributed by atoms with Crippen molar-refractivity contribution in [2.75, 3.05) is 18.5 Å². The standard InChI is InChI=1S/C20H24N2O5/c1-2-13-7-9-14(10-8-13)21-17(23)12-27-18(24)11-22-19(25)15-5-3-4-6-16(15)20(22)26/h7-10,15-16H,2-6,11-12H2,1H3,(H,21,23)/t15-,16-/m0/s1. The lowest BCUT2D eigenvalue weighted by Gasteiger charge is -2.19. The number of rotatable bonds is 6. The van der Waals surface area contributed by atoms with E-state index in [2.05, 4.69) is 5.32 Å². The van der Waals surface area contributed by atoms with Gasteiger partial charge < -0.3 is 10.1 Å². The van der Waals surface area contributed by atoms with Crippen LogP contribution < -0.4 is 5.32 Å². The Kier molecular flexibility index (Phi) is 5.88. The molecule has 1 aromatic rings. The molecule has 1 N–H and O–H groups in total. The van der Waals surface area contributed by atoms with Crippen LogP contribution in [0.5, 0.6) is 0 Å². The Labute approximate surface area is 158 Å². The molecule has 2 atom stereocenters. The van der Waals surface area contributed by atoms with Gasteiger partial charge >= 0.3 is 5.97 Å². The molecule has 144 valence electrons. The van der Waals surface area contributed by atoms with Crippen molar-refractivity contribution in [1.82, 2.24) is 4.90 Å². The number of fused-ring (bicyclic) bond motifs is 1. The van der Waals surface area contributed by atoms with Gasteiger partial charge in [0.15, 0.2) is 6.61 Å². The van der Waals surface area contributed by atoms with Crippen molar-refractivity contribution in [3.8, 4) is 0 Å². The van der Waals surface area contributed by atoms with Crippen molar-refractivity contribution in [1.29, 1.82) is 0 Å². The molecule has 7 nitrogen and oxygen atoms in total. The molecule has 1 saturated carbocycles. The monoisotopic (exact) mass is 372 g/mol. The number of amides is 3. The summed E-state index contributed by atoms with van der Waals surface area (Å²) in [4.78, 5) is 49.6. The summed E-state index contributed by atoms with van der Waals surface area (Å²) in [6, 6.07) is 7.38. The second-order valence-corrected chi connectivity index (χ2v) is 7.02. The van der Waals surface area contributed by atoms with Crippen molar-refractivity contribution in [3.05, 3.63) is 29.8 Å². The fraction of sp³-hybridized carbons (Fsp3) is 0.500. The molecule has 0 aromatic heterocycles. The third-order valence-corrected chi connectivity index (χ3v) is 5.23. The van der Waals surface area contributed by atoms with E-state index in [9.17, 15) is 19.2 Å². The molecule has 0 unspecified atom stereocenters. The molecule has 1 aliphatic heterocycles. The smallest absolute Gasteiger partial charge is 0.326 e. The lowest BCUT2D eigenvalue weighted by atomic mass is 9.81. The average Bonchev–Trinajstić information content (AvgIpc) is 2.92. The van der Waals surface area contributed by atoms with Gasteiger partial charge in [-0.3, -0.25) is 24.1 Å². The Bertz CT molecular complexity index is 719. The maximum atomic E-state index is 12.3. The lowest BCUT2D eigenvalue weighted by molar-refractivity contribution is -0.154. The second kappa shape index (κ2) is 8.33. The molecule has 27 heavy (non-hydrogen) atoms. The van der Waals surface area contributed by atoms with Crippen molar-refractivity contribution in [3.63, 3.8) is 0 Å². The highest BCUT2D eigenvalue weighted by atomic mass is 16.5. The van der Waals surface area contributed by atoms with Gasteiger partial charge in [-0.25, -0.2) is 0 Å². The van der Waals surface area contributed by atoms with Gasteiger partial charge in [-0.15, -0.1) is 0 Å². The van der Waals surface area contributed by atoms with Crippen LogP contribution in [-0.2, 0) is 30.3 Å². The molecule has 0 bridgehead atoms. The van der Waals surface area contributed by atoms with Crippen LogP contribution in [0.4, 0.5) is 5.69 Å². The predicted octanol–water partition coefficient (Wildman–Crippen LogP) is 1.91. The van der Waals surface area contributed by atoms with Gasteiger partial charge in [0.1, 0.15) is 6.54 Å². The molecule has 2 fully saturated rings. The summed E-state index contributed by atoms with van der Waals surface area (Å²) in [5.41, 5.74) is 1.77. The first-order valence-corrected chi connectivity index (χ1v) is 9.39. The SMILES string of the molecule is CCc1ccc(NC(=O)COC(=O)CN2C(=O)[C@H]3CCCC[C@@H]3C2=O)cc1. The number of likely N-dealkylation sites (tertiary alicyclic amines) is 1. The molecule has 1 heterocycles. The maximum absolute atomic E-state index is 12.3. The first kappa shape index (κ1) is 19.1. The summed E-state index contributed by atoms with van der Waals surface area (Å²) < 4.78 is 4.94. The molecular weight excluding hydrogens is 348 g/mol. The quantitative estimate of drug-likeness (QED) is 0.608. The maximum Gasteiger partial charge on any atom is 0.326 e. The minimum atomic E-state index is -0.758. The van der Waals surface area contributed by atoms with Gasteiger partial charge in [0.05, 0.1) is 11.8 Å². The van der Waals surface area contributed by atoms with Crippen molar-refractivity contribution in [2.24, 2.45) is 11.8 Å². The third kappa shape index (κ3) is 4.35. The number of carbonyl (C=O) groups is 4. The summed E-state index contributed by atoms with van der Waals surface area (Å²) in [6.45, 7) is 1.15. The Balaban J connectivity index is 1.47. The minimum Gasteiger partial charge on any atom is -0.454 e. The van der Waals surface area contributed by atoms with E-state index in [0.717, 1.165) is 29.7 Å².